The van der Waals surface area contributed by atoms with Gasteiger partial charge < -0.3 is 19.5 Å². The van der Waals surface area contributed by atoms with Crippen molar-refractivity contribution in [2.75, 3.05) is 33.0 Å². The third-order valence-electron chi connectivity index (χ3n) is 3.37. The summed E-state index contributed by atoms with van der Waals surface area (Å²) in [5.41, 5.74) is 0.485. The number of carbonyl (C=O) groups is 1. The van der Waals surface area contributed by atoms with E-state index in [-0.39, 0.29) is 5.91 Å². The molecule has 0 spiro atoms. The molecular formula is C16H19N3O4. The van der Waals surface area contributed by atoms with Crippen molar-refractivity contribution < 1.29 is 19.0 Å². The lowest BCUT2D eigenvalue weighted by atomic mass is 10.1. The van der Waals surface area contributed by atoms with Gasteiger partial charge in [-0.05, 0) is 18.2 Å². The van der Waals surface area contributed by atoms with Crippen LogP contribution < -0.4 is 14.8 Å². The fourth-order valence-electron chi connectivity index (χ4n) is 2.28. The summed E-state index contributed by atoms with van der Waals surface area (Å²) in [6, 6.07) is 7.17. The van der Waals surface area contributed by atoms with Gasteiger partial charge in [-0.1, -0.05) is 6.07 Å². The average molecular weight is 317 g/mol. The van der Waals surface area contributed by atoms with Crippen LogP contribution in [0.4, 0.5) is 0 Å². The minimum atomic E-state index is -0.192. The summed E-state index contributed by atoms with van der Waals surface area (Å²) in [4.78, 5) is 12.2. The number of carbonyl (C=O) groups excluding carboxylic acids is 1. The lowest BCUT2D eigenvalue weighted by Crippen LogP contribution is -2.29. The summed E-state index contributed by atoms with van der Waals surface area (Å²) < 4.78 is 18.3. The van der Waals surface area contributed by atoms with Crippen molar-refractivity contribution in [2.45, 2.75) is 6.54 Å². The molecule has 0 saturated carbocycles. The van der Waals surface area contributed by atoms with E-state index in [1.807, 2.05) is 12.3 Å². The summed E-state index contributed by atoms with van der Waals surface area (Å²) in [6.07, 6.45) is 3.61. The molecular weight excluding hydrogens is 298 g/mol. The van der Waals surface area contributed by atoms with E-state index in [1.54, 1.807) is 29.1 Å². The van der Waals surface area contributed by atoms with Crippen molar-refractivity contribution in [1.82, 2.24) is 15.1 Å². The Morgan fingerprint density at radius 3 is 3.04 bits per heavy atom. The van der Waals surface area contributed by atoms with Crippen molar-refractivity contribution in [3.8, 4) is 11.5 Å². The molecule has 122 valence electrons. The topological polar surface area (TPSA) is 74.6 Å². The second-order valence-electron chi connectivity index (χ2n) is 4.97. The van der Waals surface area contributed by atoms with Gasteiger partial charge in [0, 0.05) is 18.9 Å². The van der Waals surface area contributed by atoms with Crippen molar-refractivity contribution in [2.24, 2.45) is 0 Å². The molecule has 0 unspecified atom stereocenters. The van der Waals surface area contributed by atoms with E-state index in [9.17, 15) is 4.79 Å². The van der Waals surface area contributed by atoms with Gasteiger partial charge in [-0.3, -0.25) is 9.48 Å². The van der Waals surface area contributed by atoms with Gasteiger partial charge in [-0.2, -0.15) is 5.10 Å². The Hall–Kier alpha value is -2.54. The number of rotatable bonds is 7. The number of nitrogens with one attached hydrogen (secondary N) is 1. The Balaban J connectivity index is 1.41. The minimum Gasteiger partial charge on any atom is -0.486 e. The Morgan fingerprint density at radius 2 is 2.17 bits per heavy atom. The van der Waals surface area contributed by atoms with Gasteiger partial charge in [-0.25, -0.2) is 0 Å². The van der Waals surface area contributed by atoms with Crippen molar-refractivity contribution >= 4 is 5.91 Å². The van der Waals surface area contributed by atoms with E-state index < -0.39 is 0 Å². The van der Waals surface area contributed by atoms with E-state index in [0.717, 1.165) is 0 Å². The van der Waals surface area contributed by atoms with E-state index in [2.05, 4.69) is 10.4 Å². The van der Waals surface area contributed by atoms with Gasteiger partial charge in [-0.15, -0.1) is 0 Å². The SMILES string of the molecule is O=C(NCCOCCn1cccn1)c1cccc2c1OCCO2. The first-order chi connectivity index (χ1) is 11.3. The zero-order valence-electron chi connectivity index (χ0n) is 12.7. The molecule has 1 aliphatic heterocycles. The largest absolute Gasteiger partial charge is 0.486 e. The maximum atomic E-state index is 12.2. The fraction of sp³-hybridized carbons (Fsp3) is 0.375. The summed E-state index contributed by atoms with van der Waals surface area (Å²) in [5.74, 6) is 0.929. The zero-order valence-corrected chi connectivity index (χ0v) is 12.7. The van der Waals surface area contributed by atoms with Crippen LogP contribution in [0.15, 0.2) is 36.7 Å². The molecule has 7 nitrogen and oxygen atoms in total. The zero-order chi connectivity index (χ0) is 15.9. The van der Waals surface area contributed by atoms with Gasteiger partial charge in [0.2, 0.25) is 0 Å². The molecule has 0 fully saturated rings. The second-order valence-corrected chi connectivity index (χ2v) is 4.97. The van der Waals surface area contributed by atoms with E-state index >= 15 is 0 Å². The van der Waals surface area contributed by atoms with Gasteiger partial charge in [0.15, 0.2) is 11.5 Å². The molecule has 0 radical (unpaired) electrons. The summed E-state index contributed by atoms with van der Waals surface area (Å²) in [5, 5.41) is 6.90. The molecule has 2 heterocycles. The first-order valence-electron chi connectivity index (χ1n) is 7.56. The van der Waals surface area contributed by atoms with Crippen LogP contribution in [0, 0.1) is 0 Å². The highest BCUT2D eigenvalue weighted by atomic mass is 16.6. The molecule has 0 saturated heterocycles. The number of hydrogen-bond acceptors (Lipinski definition) is 5. The van der Waals surface area contributed by atoms with Crippen LogP contribution in [0.1, 0.15) is 10.4 Å². The molecule has 1 aliphatic rings. The monoisotopic (exact) mass is 317 g/mol. The molecule has 1 aromatic carbocycles. The molecule has 23 heavy (non-hydrogen) atoms. The van der Waals surface area contributed by atoms with Crippen LogP contribution in [-0.4, -0.2) is 48.7 Å². The van der Waals surface area contributed by atoms with Crippen LogP contribution in [0.5, 0.6) is 11.5 Å². The van der Waals surface area contributed by atoms with Crippen LogP contribution >= 0.6 is 0 Å². The quantitative estimate of drug-likeness (QED) is 0.774. The summed E-state index contributed by atoms with van der Waals surface area (Å²) in [6.45, 7) is 3.07. The van der Waals surface area contributed by atoms with Gasteiger partial charge in [0.05, 0.1) is 25.3 Å². The molecule has 1 amide bonds. The summed E-state index contributed by atoms with van der Waals surface area (Å²) in [7, 11) is 0. The molecule has 0 bridgehead atoms. The number of amides is 1. The highest BCUT2D eigenvalue weighted by Crippen LogP contribution is 2.33. The van der Waals surface area contributed by atoms with Crippen LogP contribution in [0.2, 0.25) is 0 Å². The second kappa shape index (κ2) is 7.64. The highest BCUT2D eigenvalue weighted by molar-refractivity contribution is 5.97. The normalized spacial score (nSPS) is 12.9. The maximum absolute atomic E-state index is 12.2. The molecule has 3 rings (SSSR count). The lowest BCUT2D eigenvalue weighted by Gasteiger charge is -2.20. The number of benzene rings is 1. The lowest BCUT2D eigenvalue weighted by molar-refractivity contribution is 0.0896. The molecule has 7 heteroatoms. The highest BCUT2D eigenvalue weighted by Gasteiger charge is 2.19. The smallest absolute Gasteiger partial charge is 0.255 e. The molecule has 2 aromatic rings. The van der Waals surface area contributed by atoms with Crippen molar-refractivity contribution in [3.63, 3.8) is 0 Å². The van der Waals surface area contributed by atoms with E-state index in [4.69, 9.17) is 14.2 Å². The van der Waals surface area contributed by atoms with Crippen LogP contribution in [0.25, 0.3) is 0 Å². The van der Waals surface area contributed by atoms with Gasteiger partial charge in [0.1, 0.15) is 13.2 Å². The number of ether oxygens (including phenoxy) is 3. The molecule has 1 aromatic heterocycles. The third kappa shape index (κ3) is 4.01. The number of para-hydroxylation sites is 1. The Bertz CT molecular complexity index is 643. The summed E-state index contributed by atoms with van der Waals surface area (Å²) >= 11 is 0. The molecule has 1 N–H and O–H groups in total. The van der Waals surface area contributed by atoms with Crippen LogP contribution in [0.3, 0.4) is 0 Å². The first-order valence-corrected chi connectivity index (χ1v) is 7.56. The fourth-order valence-corrected chi connectivity index (χ4v) is 2.28. The molecule has 0 aliphatic carbocycles. The number of fused-ring (bicyclic) bond motifs is 1. The van der Waals surface area contributed by atoms with E-state index in [1.165, 1.54) is 0 Å². The number of hydrogen-bond donors (Lipinski definition) is 1. The Labute approximate surface area is 134 Å². The van der Waals surface area contributed by atoms with Gasteiger partial charge >= 0.3 is 0 Å². The van der Waals surface area contributed by atoms with E-state index in [0.29, 0.717) is 56.6 Å². The third-order valence-corrected chi connectivity index (χ3v) is 3.37. The van der Waals surface area contributed by atoms with Crippen LogP contribution in [-0.2, 0) is 11.3 Å². The Kier molecular flexibility index (Phi) is 5.10. The maximum Gasteiger partial charge on any atom is 0.255 e. The first kappa shape index (κ1) is 15.4. The molecule has 0 atom stereocenters. The van der Waals surface area contributed by atoms with Gasteiger partial charge in [0.25, 0.3) is 5.91 Å². The minimum absolute atomic E-state index is 0.192. The van der Waals surface area contributed by atoms with Crippen molar-refractivity contribution in [1.29, 1.82) is 0 Å². The average Bonchev–Trinajstić information content (AvgIpc) is 3.10. The standard InChI is InChI=1S/C16H19N3O4/c20-16(13-3-1-4-14-15(13)23-12-11-22-14)17-6-9-21-10-8-19-7-2-5-18-19/h1-5,7H,6,8-12H2,(H,17,20). The predicted molar refractivity (Wildman–Crippen MR) is 82.8 cm³/mol. The van der Waals surface area contributed by atoms with Crippen molar-refractivity contribution in [3.05, 3.63) is 42.2 Å². The Morgan fingerprint density at radius 1 is 1.26 bits per heavy atom. The number of nitrogens with zero attached hydrogens (tertiary/aromatic N) is 2. The number of aromatic nitrogens is 2. The predicted octanol–water partition coefficient (Wildman–Crippen LogP) is 1.10.